The molecule has 2 rings (SSSR count). The van der Waals surface area contributed by atoms with Gasteiger partial charge < -0.3 is 14.9 Å². The molecule has 0 aromatic rings. The Balaban J connectivity index is 1.99. The van der Waals surface area contributed by atoms with Crippen molar-refractivity contribution < 1.29 is 32.9 Å². The molecule has 0 spiro atoms. The van der Waals surface area contributed by atoms with Gasteiger partial charge in [0.2, 0.25) is 0 Å². The van der Waals surface area contributed by atoms with E-state index in [4.69, 9.17) is 4.74 Å². The molecule has 1 saturated heterocycles. The number of nitrogens with zero attached hydrogens (tertiary/aromatic N) is 1. The molecule has 1 aliphatic carbocycles. The van der Waals surface area contributed by atoms with Gasteiger partial charge in [-0.25, -0.2) is 0 Å². The molecule has 2 aliphatic rings. The van der Waals surface area contributed by atoms with E-state index in [1.807, 2.05) is 0 Å². The lowest BCUT2D eigenvalue weighted by molar-refractivity contribution is -0.194. The highest BCUT2D eigenvalue weighted by Crippen LogP contribution is 2.42. The Morgan fingerprint density at radius 3 is 2.23 bits per heavy atom. The predicted molar refractivity (Wildman–Crippen MR) is 89.3 cm³/mol. The molecule has 2 fully saturated rings. The second-order valence-electron chi connectivity index (χ2n) is 9.00. The summed E-state index contributed by atoms with van der Waals surface area (Å²) in [7, 11) is 0. The highest BCUT2D eigenvalue weighted by Gasteiger charge is 2.53. The molecule has 1 heterocycles. The van der Waals surface area contributed by atoms with Gasteiger partial charge in [-0.1, -0.05) is 0 Å². The summed E-state index contributed by atoms with van der Waals surface area (Å²) in [4.78, 5) is 13.7. The SMILES string of the molecule is CC(C)(C)OC(=O)[C@@H]1CN(CC(O)CC(C)(O)C2CC2)C[C@H]1C(F)(F)F. The quantitative estimate of drug-likeness (QED) is 0.692. The zero-order valence-corrected chi connectivity index (χ0v) is 15.8. The number of hydrogen-bond acceptors (Lipinski definition) is 5. The fraction of sp³-hybridized carbons (Fsp3) is 0.944. The number of halogens is 3. The van der Waals surface area contributed by atoms with Crippen LogP contribution in [0.4, 0.5) is 13.2 Å². The third kappa shape index (κ3) is 5.82. The van der Waals surface area contributed by atoms with E-state index in [1.54, 1.807) is 27.7 Å². The maximum Gasteiger partial charge on any atom is 0.393 e. The summed E-state index contributed by atoms with van der Waals surface area (Å²) in [6, 6.07) is 0. The van der Waals surface area contributed by atoms with Crippen molar-refractivity contribution in [3.63, 3.8) is 0 Å². The minimum atomic E-state index is -4.51. The highest BCUT2D eigenvalue weighted by atomic mass is 19.4. The van der Waals surface area contributed by atoms with Crippen molar-refractivity contribution >= 4 is 5.97 Å². The van der Waals surface area contributed by atoms with Gasteiger partial charge in [0.1, 0.15) is 5.60 Å². The van der Waals surface area contributed by atoms with Gasteiger partial charge in [-0.2, -0.15) is 13.2 Å². The number of rotatable bonds is 6. The van der Waals surface area contributed by atoms with E-state index in [2.05, 4.69) is 0 Å². The molecule has 8 heteroatoms. The zero-order valence-electron chi connectivity index (χ0n) is 15.8. The number of carbonyl (C=O) groups excluding carboxylic acids is 1. The topological polar surface area (TPSA) is 70.0 Å². The Morgan fingerprint density at radius 1 is 1.19 bits per heavy atom. The number of hydrogen-bond donors (Lipinski definition) is 2. The van der Waals surface area contributed by atoms with Gasteiger partial charge in [0.25, 0.3) is 0 Å². The largest absolute Gasteiger partial charge is 0.460 e. The Morgan fingerprint density at radius 2 is 1.77 bits per heavy atom. The molecule has 5 nitrogen and oxygen atoms in total. The Hall–Kier alpha value is -0.860. The van der Waals surface area contributed by atoms with E-state index < -0.39 is 41.3 Å². The molecule has 0 aromatic heterocycles. The smallest absolute Gasteiger partial charge is 0.393 e. The van der Waals surface area contributed by atoms with Crippen molar-refractivity contribution in [2.75, 3.05) is 19.6 Å². The number of alkyl halides is 3. The molecule has 4 atom stereocenters. The lowest BCUT2D eigenvalue weighted by Crippen LogP contribution is -2.39. The first-order chi connectivity index (χ1) is 11.7. The van der Waals surface area contributed by atoms with Crippen LogP contribution in [0.25, 0.3) is 0 Å². The number of ether oxygens (including phenoxy) is 1. The first kappa shape index (κ1) is 21.4. The first-order valence-corrected chi connectivity index (χ1v) is 9.11. The first-order valence-electron chi connectivity index (χ1n) is 9.11. The van der Waals surface area contributed by atoms with Crippen LogP contribution in [0.5, 0.6) is 0 Å². The van der Waals surface area contributed by atoms with Crippen LogP contribution in [0, 0.1) is 17.8 Å². The second kappa shape index (κ2) is 7.28. The highest BCUT2D eigenvalue weighted by molar-refractivity contribution is 5.74. The molecule has 152 valence electrons. The van der Waals surface area contributed by atoms with E-state index in [9.17, 15) is 28.2 Å². The van der Waals surface area contributed by atoms with Crippen LogP contribution >= 0.6 is 0 Å². The molecule has 1 aliphatic heterocycles. The van der Waals surface area contributed by atoms with Crippen LogP contribution in [0.1, 0.15) is 47.0 Å². The molecule has 2 unspecified atom stereocenters. The van der Waals surface area contributed by atoms with Gasteiger partial charge in [-0.3, -0.25) is 9.69 Å². The summed E-state index contributed by atoms with van der Waals surface area (Å²) < 4.78 is 45.2. The Labute approximate surface area is 152 Å². The molecular weight excluding hydrogens is 351 g/mol. The summed E-state index contributed by atoms with van der Waals surface area (Å²) in [5, 5.41) is 20.5. The molecule has 0 aromatic carbocycles. The number of β-amino-alcohol motifs (C(OH)–C–C–N with tert-alkyl or cyclic N) is 1. The average Bonchev–Trinajstić information content (AvgIpc) is 3.17. The number of likely N-dealkylation sites (tertiary alicyclic amines) is 1. The summed E-state index contributed by atoms with van der Waals surface area (Å²) in [6.45, 7) is 6.03. The maximum absolute atomic E-state index is 13.4. The van der Waals surface area contributed by atoms with E-state index in [1.165, 1.54) is 4.90 Å². The zero-order chi connectivity index (χ0) is 19.9. The van der Waals surface area contributed by atoms with Gasteiger partial charge in [-0.15, -0.1) is 0 Å². The van der Waals surface area contributed by atoms with E-state index in [0.717, 1.165) is 12.8 Å². The minimum Gasteiger partial charge on any atom is -0.460 e. The Kier molecular flexibility index (Phi) is 6.00. The van der Waals surface area contributed by atoms with Crippen LogP contribution in [-0.2, 0) is 9.53 Å². The monoisotopic (exact) mass is 381 g/mol. The molecule has 0 radical (unpaired) electrons. The third-order valence-corrected chi connectivity index (χ3v) is 5.10. The number of esters is 1. The molecule has 26 heavy (non-hydrogen) atoms. The maximum atomic E-state index is 13.4. The van der Waals surface area contributed by atoms with Crippen LogP contribution in [0.15, 0.2) is 0 Å². The van der Waals surface area contributed by atoms with Gasteiger partial charge in [0.05, 0.1) is 23.5 Å². The van der Waals surface area contributed by atoms with Crippen LogP contribution in [0.3, 0.4) is 0 Å². The van der Waals surface area contributed by atoms with Crippen LogP contribution in [-0.4, -0.2) is 64.2 Å². The number of aliphatic hydroxyl groups is 2. The number of carbonyl (C=O) groups is 1. The van der Waals surface area contributed by atoms with Crippen LogP contribution < -0.4 is 0 Å². The fourth-order valence-electron chi connectivity index (χ4n) is 3.69. The van der Waals surface area contributed by atoms with Crippen molar-refractivity contribution in [3.8, 4) is 0 Å². The van der Waals surface area contributed by atoms with Crippen molar-refractivity contribution in [3.05, 3.63) is 0 Å². The van der Waals surface area contributed by atoms with Crippen molar-refractivity contribution in [2.45, 2.75) is 70.4 Å². The molecule has 2 N–H and O–H groups in total. The standard InChI is InChI=1S/C18H30F3NO4/c1-16(2,3)26-15(24)13-9-22(10-14(13)18(19,20)21)8-12(23)7-17(4,25)11-5-6-11/h11-14,23,25H,5-10H2,1-4H3/t12?,13-,14-,17?/m1/s1. The summed E-state index contributed by atoms with van der Waals surface area (Å²) in [6.07, 6.45) is -3.54. The normalized spacial score (nSPS) is 28.7. The van der Waals surface area contributed by atoms with Crippen LogP contribution in [0.2, 0.25) is 0 Å². The Bertz CT molecular complexity index is 512. The van der Waals surface area contributed by atoms with E-state index in [0.29, 0.717) is 0 Å². The number of aliphatic hydroxyl groups excluding tert-OH is 1. The minimum absolute atomic E-state index is 0.00521. The van der Waals surface area contributed by atoms with Gasteiger partial charge in [-0.05, 0) is 46.5 Å². The average molecular weight is 381 g/mol. The summed E-state index contributed by atoms with van der Waals surface area (Å²) in [5.41, 5.74) is -1.86. The predicted octanol–water partition coefficient (Wildman–Crippen LogP) is 2.35. The van der Waals surface area contributed by atoms with Gasteiger partial charge in [0.15, 0.2) is 0 Å². The van der Waals surface area contributed by atoms with E-state index >= 15 is 0 Å². The van der Waals surface area contributed by atoms with Gasteiger partial charge in [0, 0.05) is 26.1 Å². The molecule has 0 amide bonds. The van der Waals surface area contributed by atoms with Gasteiger partial charge >= 0.3 is 12.1 Å². The summed E-state index contributed by atoms with van der Waals surface area (Å²) in [5.74, 6) is -3.83. The van der Waals surface area contributed by atoms with Crippen molar-refractivity contribution in [1.29, 1.82) is 0 Å². The lowest BCUT2D eigenvalue weighted by atomic mass is 9.93. The second-order valence-corrected chi connectivity index (χ2v) is 9.00. The van der Waals surface area contributed by atoms with E-state index in [-0.39, 0.29) is 32.0 Å². The summed E-state index contributed by atoms with van der Waals surface area (Å²) >= 11 is 0. The lowest BCUT2D eigenvalue weighted by Gasteiger charge is -2.28. The van der Waals surface area contributed by atoms with Crippen molar-refractivity contribution in [1.82, 2.24) is 4.90 Å². The van der Waals surface area contributed by atoms with Crippen molar-refractivity contribution in [2.24, 2.45) is 17.8 Å². The molecular formula is C18H30F3NO4. The molecule has 0 bridgehead atoms. The molecule has 1 saturated carbocycles. The fourth-order valence-corrected chi connectivity index (χ4v) is 3.69. The third-order valence-electron chi connectivity index (χ3n) is 5.10.